The van der Waals surface area contributed by atoms with Gasteiger partial charge in [-0.25, -0.2) is 0 Å². The Balaban J connectivity index is -0.000000264. The molecular formula is C57H125BrClN3. The number of halogens is 2. The van der Waals surface area contributed by atoms with Crippen molar-refractivity contribution in [1.82, 2.24) is 4.90 Å². The molecule has 0 fully saturated rings. The zero-order valence-electron chi connectivity index (χ0n) is 45.6. The zero-order chi connectivity index (χ0) is 45.1. The maximum Gasteiger partial charge on any atom is 0.0786 e. The van der Waals surface area contributed by atoms with Gasteiger partial charge in [0.15, 0.2) is 0 Å². The highest BCUT2D eigenvalue weighted by atomic mass is 79.9. The first-order chi connectivity index (χ1) is 29.1. The van der Waals surface area contributed by atoms with Crippen LogP contribution in [-0.4, -0.2) is 87.4 Å². The van der Waals surface area contributed by atoms with Crippen molar-refractivity contribution in [3.05, 3.63) is 0 Å². The fourth-order valence-corrected chi connectivity index (χ4v) is 8.75. The molecule has 0 spiro atoms. The molecule has 0 unspecified atom stereocenters. The Bertz CT molecular complexity index is 668. The van der Waals surface area contributed by atoms with Crippen LogP contribution < -0.4 is 29.4 Å². The van der Waals surface area contributed by atoms with Crippen molar-refractivity contribution < 1.29 is 38.4 Å². The first kappa shape index (κ1) is 71.6. The van der Waals surface area contributed by atoms with Gasteiger partial charge < -0.3 is 43.3 Å². The molecule has 0 saturated heterocycles. The summed E-state index contributed by atoms with van der Waals surface area (Å²) in [5, 5.41) is 0. The molecule has 0 aliphatic rings. The van der Waals surface area contributed by atoms with Gasteiger partial charge in [-0.05, 0) is 77.4 Å². The highest BCUT2D eigenvalue weighted by Crippen LogP contribution is 2.17. The molecule has 0 atom stereocenters. The van der Waals surface area contributed by atoms with E-state index in [4.69, 9.17) is 0 Å². The minimum Gasteiger partial charge on any atom is -1.00 e. The third-order valence-corrected chi connectivity index (χ3v) is 13.1. The van der Waals surface area contributed by atoms with E-state index in [1.807, 2.05) is 0 Å². The van der Waals surface area contributed by atoms with E-state index in [0.29, 0.717) is 0 Å². The summed E-state index contributed by atoms with van der Waals surface area (Å²) in [4.78, 5) is 2.79. The van der Waals surface area contributed by atoms with Crippen LogP contribution >= 0.6 is 0 Å². The maximum atomic E-state index is 2.79. The van der Waals surface area contributed by atoms with Crippen LogP contribution in [0.5, 0.6) is 0 Å². The van der Waals surface area contributed by atoms with Crippen molar-refractivity contribution >= 4 is 0 Å². The number of quaternary nitrogens is 2. The van der Waals surface area contributed by atoms with Crippen LogP contribution in [0.3, 0.4) is 0 Å². The van der Waals surface area contributed by atoms with Gasteiger partial charge in [0.25, 0.3) is 0 Å². The first-order valence-electron chi connectivity index (χ1n) is 28.5. The molecule has 0 radical (unpaired) electrons. The third-order valence-electron chi connectivity index (χ3n) is 13.1. The van der Waals surface area contributed by atoms with Crippen LogP contribution in [0, 0.1) is 0 Å². The summed E-state index contributed by atoms with van der Waals surface area (Å²) in [6.07, 6.45) is 54.2. The van der Waals surface area contributed by atoms with E-state index in [-0.39, 0.29) is 29.4 Å². The molecule has 0 aromatic carbocycles. The monoisotopic (exact) mass is 966 g/mol. The number of hydrogen-bond donors (Lipinski definition) is 0. The van der Waals surface area contributed by atoms with Gasteiger partial charge in [-0.2, -0.15) is 0 Å². The fourth-order valence-electron chi connectivity index (χ4n) is 8.75. The van der Waals surface area contributed by atoms with E-state index in [0.717, 1.165) is 4.48 Å². The molecule has 62 heavy (non-hydrogen) atoms. The molecule has 0 aliphatic carbocycles. The van der Waals surface area contributed by atoms with Crippen molar-refractivity contribution in [2.24, 2.45) is 0 Å². The van der Waals surface area contributed by atoms with Crippen molar-refractivity contribution in [3.8, 4) is 0 Å². The molecular weight excluding hydrogens is 842 g/mol. The Kier molecular flexibility index (Phi) is 68.9. The summed E-state index contributed by atoms with van der Waals surface area (Å²) < 4.78 is 2.54. The van der Waals surface area contributed by atoms with Crippen LogP contribution in [-0.2, 0) is 0 Å². The summed E-state index contributed by atoms with van der Waals surface area (Å²) in [6, 6.07) is 0. The van der Waals surface area contributed by atoms with Gasteiger partial charge in [-0.1, -0.05) is 242 Å². The second-order valence-electron chi connectivity index (χ2n) is 20.7. The van der Waals surface area contributed by atoms with Crippen LogP contribution in [0.25, 0.3) is 0 Å². The summed E-state index contributed by atoms with van der Waals surface area (Å²) in [7, 11) is 6.87. The molecule has 0 bridgehead atoms. The van der Waals surface area contributed by atoms with Gasteiger partial charge in [0.05, 0.1) is 53.9 Å². The van der Waals surface area contributed by atoms with Gasteiger partial charge >= 0.3 is 0 Å². The second-order valence-corrected chi connectivity index (χ2v) is 20.7. The van der Waals surface area contributed by atoms with Gasteiger partial charge in [0, 0.05) is 0 Å². The molecule has 0 aliphatic heterocycles. The van der Waals surface area contributed by atoms with Crippen molar-refractivity contribution in [2.45, 2.75) is 299 Å². The molecule has 0 rings (SSSR count). The van der Waals surface area contributed by atoms with E-state index in [2.05, 4.69) is 81.4 Å². The quantitative estimate of drug-likeness (QED) is 0.0434. The summed E-state index contributed by atoms with van der Waals surface area (Å²) >= 11 is 0. The maximum absolute atomic E-state index is 2.79. The van der Waals surface area contributed by atoms with Crippen molar-refractivity contribution in [1.29, 1.82) is 0 Å². The molecule has 382 valence electrons. The molecule has 0 amide bonds. The van der Waals surface area contributed by atoms with Gasteiger partial charge in [0.1, 0.15) is 0 Å². The smallest absolute Gasteiger partial charge is 0.0786 e. The van der Waals surface area contributed by atoms with E-state index in [9.17, 15) is 0 Å². The number of rotatable bonds is 46. The minimum absolute atomic E-state index is 0. The van der Waals surface area contributed by atoms with E-state index >= 15 is 0 Å². The van der Waals surface area contributed by atoms with Crippen molar-refractivity contribution in [2.75, 3.05) is 73.5 Å². The molecule has 0 aromatic rings. The lowest BCUT2D eigenvalue weighted by atomic mass is 10.1. The van der Waals surface area contributed by atoms with E-state index in [1.165, 1.54) is 301 Å². The molecule has 0 N–H and O–H groups in total. The SMILES string of the molecule is CCCCCCCCCCCCCC[N+](C)(C)C.CCCCCCCCN(CCCCCCCC)CCCCCCCC.CCCC[N+](CCCC)(CCCC)CCCC.[Br-].[Cl-]. The first-order valence-corrected chi connectivity index (χ1v) is 28.5. The lowest BCUT2D eigenvalue weighted by molar-refractivity contribution is -0.929. The van der Waals surface area contributed by atoms with Gasteiger partial charge in [-0.3, -0.25) is 0 Å². The number of unbranched alkanes of at least 4 members (excludes halogenated alkanes) is 30. The highest BCUT2D eigenvalue weighted by Gasteiger charge is 2.24. The highest BCUT2D eigenvalue weighted by molar-refractivity contribution is 4.61. The Hall–Kier alpha value is 0.650. The molecule has 5 heteroatoms. The molecule has 3 nitrogen and oxygen atoms in total. The van der Waals surface area contributed by atoms with E-state index < -0.39 is 0 Å². The average Bonchev–Trinajstić information content (AvgIpc) is 3.24. The van der Waals surface area contributed by atoms with Gasteiger partial charge in [0.2, 0.25) is 0 Å². The molecule has 0 saturated carbocycles. The van der Waals surface area contributed by atoms with E-state index in [1.54, 1.807) is 0 Å². The lowest BCUT2D eigenvalue weighted by Gasteiger charge is -2.39. The minimum atomic E-state index is 0. The number of nitrogens with zero attached hydrogens (tertiary/aromatic N) is 3. The van der Waals surface area contributed by atoms with Crippen LogP contribution in [0.15, 0.2) is 0 Å². The van der Waals surface area contributed by atoms with Gasteiger partial charge in [-0.15, -0.1) is 0 Å². The predicted molar refractivity (Wildman–Crippen MR) is 280 cm³/mol. The Morgan fingerprint density at radius 2 is 0.435 bits per heavy atom. The predicted octanol–water partition coefficient (Wildman–Crippen LogP) is 12.8. The topological polar surface area (TPSA) is 3.24 Å². The fraction of sp³-hybridized carbons (Fsp3) is 1.00. The van der Waals surface area contributed by atoms with Crippen LogP contribution in [0.4, 0.5) is 0 Å². The largest absolute Gasteiger partial charge is 1.00 e. The Morgan fingerprint density at radius 3 is 0.645 bits per heavy atom. The third kappa shape index (κ3) is 60.6. The standard InChI is InChI=1S/C24H51N.C17H38N.C16H36N.BrH.ClH/c1-4-7-10-13-16-19-22-25(23-20-17-14-11-8-5-2)24-21-18-15-12-9-6-3;1-5-6-7-8-9-10-11-12-13-14-15-16-17-18(2,3)4;1-5-9-13-17(14-10-6-2,15-11-7-3)16-12-8-4;;/h4-24H2,1-3H3;5-17H2,1-4H3;5-16H2,1-4H3;2*1H/q;2*+1;;/p-2. The zero-order valence-corrected chi connectivity index (χ0v) is 48.0. The van der Waals surface area contributed by atoms with Crippen molar-refractivity contribution in [3.63, 3.8) is 0 Å². The summed E-state index contributed by atoms with van der Waals surface area (Å²) in [5.74, 6) is 0. The Labute approximate surface area is 414 Å². The second kappa shape index (κ2) is 59.7. The van der Waals surface area contributed by atoms with Crippen LogP contribution in [0.1, 0.15) is 299 Å². The lowest BCUT2D eigenvalue weighted by Crippen LogP contribution is -3.00. The Morgan fingerprint density at radius 1 is 0.242 bits per heavy atom. The molecule has 0 aromatic heterocycles. The molecule has 0 heterocycles. The summed E-state index contributed by atoms with van der Waals surface area (Å²) in [5.41, 5.74) is 0. The van der Waals surface area contributed by atoms with Crippen LogP contribution in [0.2, 0.25) is 0 Å². The normalized spacial score (nSPS) is 11.4. The average molecular weight is 968 g/mol. The number of hydrogen-bond acceptors (Lipinski definition) is 1. The summed E-state index contributed by atoms with van der Waals surface area (Å²) in [6.45, 7) is 29.6.